The molecule has 0 fully saturated rings. The second-order valence-corrected chi connectivity index (χ2v) is 4.44. The van der Waals surface area contributed by atoms with Crippen LogP contribution >= 0.6 is 11.3 Å². The van der Waals surface area contributed by atoms with Crippen molar-refractivity contribution in [1.29, 1.82) is 0 Å². The molecule has 0 saturated heterocycles. The fraction of sp³-hybridized carbons (Fsp3) is 0.167. The molecule has 0 radical (unpaired) electrons. The average Bonchev–Trinajstić information content (AvgIpc) is 2.54. The molecular formula is C12H12N2S. The lowest BCUT2D eigenvalue weighted by Crippen LogP contribution is -1.74. The van der Waals surface area contributed by atoms with E-state index in [0.717, 1.165) is 5.00 Å². The van der Waals surface area contributed by atoms with E-state index in [1.165, 1.54) is 27.6 Å². The molecule has 0 N–H and O–H groups in total. The molecule has 76 valence electrons. The molecule has 2 aromatic rings. The van der Waals surface area contributed by atoms with Crippen LogP contribution in [-0.2, 0) is 0 Å². The molecule has 2 rings (SSSR count). The Kier molecular flexibility index (Phi) is 2.64. The van der Waals surface area contributed by atoms with Crippen molar-refractivity contribution < 1.29 is 0 Å². The van der Waals surface area contributed by atoms with Crippen LogP contribution in [0.25, 0.3) is 10.1 Å². The summed E-state index contributed by atoms with van der Waals surface area (Å²) in [7, 11) is 0. The molecule has 0 saturated carbocycles. The van der Waals surface area contributed by atoms with Crippen molar-refractivity contribution in [2.75, 3.05) is 0 Å². The zero-order chi connectivity index (χ0) is 10.8. The van der Waals surface area contributed by atoms with Crippen molar-refractivity contribution in [3.05, 3.63) is 29.3 Å². The summed E-state index contributed by atoms with van der Waals surface area (Å²) in [5.74, 6) is 0. The summed E-state index contributed by atoms with van der Waals surface area (Å²) < 4.78 is 1.28. The Morgan fingerprint density at radius 1 is 1.33 bits per heavy atom. The van der Waals surface area contributed by atoms with Gasteiger partial charge in [-0.25, -0.2) is 4.99 Å². The van der Waals surface area contributed by atoms with E-state index in [1.54, 1.807) is 11.3 Å². The highest BCUT2D eigenvalue weighted by Gasteiger charge is 2.08. The molecule has 2 nitrogen and oxygen atoms in total. The summed E-state index contributed by atoms with van der Waals surface area (Å²) in [6.07, 6.45) is 1.49. The summed E-state index contributed by atoms with van der Waals surface area (Å²) in [4.78, 5) is 7.90. The summed E-state index contributed by atoms with van der Waals surface area (Å²) in [6, 6.07) is 6.33. The van der Waals surface area contributed by atoms with Crippen molar-refractivity contribution in [3.8, 4) is 0 Å². The molecule has 0 aliphatic carbocycles. The Bertz CT molecular complexity index is 538. The van der Waals surface area contributed by atoms with Gasteiger partial charge in [0.1, 0.15) is 11.3 Å². The van der Waals surface area contributed by atoms with E-state index in [0.29, 0.717) is 0 Å². The molecule has 0 aliphatic rings. The molecular weight excluding hydrogens is 204 g/mol. The molecule has 0 spiro atoms. The number of thiophene rings is 1. The first kappa shape index (κ1) is 10.1. The molecule has 0 aliphatic heterocycles. The topological polar surface area (TPSA) is 24.7 Å². The minimum absolute atomic E-state index is 1.02. The number of fused-ring (bicyclic) bond motifs is 1. The second kappa shape index (κ2) is 3.95. The standard InChI is InChI=1S/C12H12N2S/c1-8-5-4-6-10-11(8)9(2)12(15-10)14-7-13-3/h4-7H,3H2,1-2H3/b14-7-. The van der Waals surface area contributed by atoms with Crippen LogP contribution < -0.4 is 0 Å². The molecule has 1 aromatic heterocycles. The number of rotatable bonds is 2. The van der Waals surface area contributed by atoms with E-state index in [2.05, 4.69) is 48.7 Å². The average molecular weight is 216 g/mol. The molecule has 0 bridgehead atoms. The molecule has 15 heavy (non-hydrogen) atoms. The first-order valence-electron chi connectivity index (χ1n) is 4.71. The summed E-state index contributed by atoms with van der Waals surface area (Å²) in [5.41, 5.74) is 2.53. The Labute approximate surface area is 93.0 Å². The van der Waals surface area contributed by atoms with Crippen molar-refractivity contribution in [2.45, 2.75) is 13.8 Å². The summed E-state index contributed by atoms with van der Waals surface area (Å²) in [5, 5.41) is 2.34. The highest BCUT2D eigenvalue weighted by atomic mass is 32.1. The van der Waals surface area contributed by atoms with Gasteiger partial charge in [-0.2, -0.15) is 0 Å². The van der Waals surface area contributed by atoms with Gasteiger partial charge in [0.05, 0.1) is 0 Å². The van der Waals surface area contributed by atoms with E-state index in [4.69, 9.17) is 0 Å². The molecule has 0 amide bonds. The smallest absolute Gasteiger partial charge is 0.121 e. The lowest BCUT2D eigenvalue weighted by atomic mass is 10.1. The third-order valence-corrected chi connectivity index (χ3v) is 3.56. The first-order valence-corrected chi connectivity index (χ1v) is 5.52. The summed E-state index contributed by atoms with van der Waals surface area (Å²) in [6.45, 7) is 7.61. The van der Waals surface area contributed by atoms with E-state index in [-0.39, 0.29) is 0 Å². The van der Waals surface area contributed by atoms with Gasteiger partial charge in [-0.05, 0) is 37.8 Å². The lowest BCUT2D eigenvalue weighted by molar-refractivity contribution is 1.47. The largest absolute Gasteiger partial charge is 0.253 e. The second-order valence-electron chi connectivity index (χ2n) is 3.41. The normalized spacial score (nSPS) is 11.3. The van der Waals surface area contributed by atoms with Gasteiger partial charge in [0.15, 0.2) is 0 Å². The quantitative estimate of drug-likeness (QED) is 0.537. The number of aryl methyl sites for hydroxylation is 2. The van der Waals surface area contributed by atoms with Crippen molar-refractivity contribution >= 4 is 39.5 Å². The predicted octanol–water partition coefficient (Wildman–Crippen LogP) is 3.88. The van der Waals surface area contributed by atoms with Crippen LogP contribution in [0.3, 0.4) is 0 Å². The molecule has 0 unspecified atom stereocenters. The van der Waals surface area contributed by atoms with Gasteiger partial charge in [-0.15, -0.1) is 11.3 Å². The number of nitrogens with zero attached hydrogens (tertiary/aromatic N) is 2. The van der Waals surface area contributed by atoms with Gasteiger partial charge in [-0.3, -0.25) is 4.99 Å². The van der Waals surface area contributed by atoms with E-state index in [9.17, 15) is 0 Å². The Morgan fingerprint density at radius 3 is 2.80 bits per heavy atom. The minimum Gasteiger partial charge on any atom is -0.253 e. The van der Waals surface area contributed by atoms with Crippen molar-refractivity contribution in [1.82, 2.24) is 0 Å². The fourth-order valence-corrected chi connectivity index (χ4v) is 2.84. The van der Waals surface area contributed by atoms with E-state index >= 15 is 0 Å². The zero-order valence-corrected chi connectivity index (χ0v) is 9.64. The Balaban J connectivity index is 2.69. The van der Waals surface area contributed by atoms with Crippen LogP contribution in [0.4, 0.5) is 5.00 Å². The van der Waals surface area contributed by atoms with Crippen LogP contribution in [0.5, 0.6) is 0 Å². The summed E-state index contributed by atoms with van der Waals surface area (Å²) >= 11 is 1.69. The van der Waals surface area contributed by atoms with Gasteiger partial charge in [0.2, 0.25) is 0 Å². The molecule has 1 heterocycles. The SMILES string of the molecule is C=N/C=N\c1sc2cccc(C)c2c1C. The highest BCUT2D eigenvalue weighted by molar-refractivity contribution is 7.22. The molecule has 1 aromatic carbocycles. The van der Waals surface area contributed by atoms with Crippen LogP contribution in [0, 0.1) is 13.8 Å². The first-order chi connectivity index (χ1) is 7.24. The third kappa shape index (κ3) is 1.70. The van der Waals surface area contributed by atoms with Gasteiger partial charge in [0.25, 0.3) is 0 Å². The molecule has 3 heteroatoms. The van der Waals surface area contributed by atoms with Gasteiger partial charge in [-0.1, -0.05) is 12.1 Å². The maximum atomic E-state index is 4.27. The highest BCUT2D eigenvalue weighted by Crippen LogP contribution is 2.38. The zero-order valence-electron chi connectivity index (χ0n) is 8.82. The maximum absolute atomic E-state index is 4.27. The lowest BCUT2D eigenvalue weighted by Gasteiger charge is -1.96. The van der Waals surface area contributed by atoms with Gasteiger partial charge < -0.3 is 0 Å². The third-order valence-electron chi connectivity index (χ3n) is 2.39. The minimum atomic E-state index is 1.02. The number of hydrogen-bond donors (Lipinski definition) is 0. The van der Waals surface area contributed by atoms with E-state index in [1.807, 2.05) is 0 Å². The van der Waals surface area contributed by atoms with Crippen LogP contribution in [0.15, 0.2) is 28.2 Å². The maximum Gasteiger partial charge on any atom is 0.121 e. The van der Waals surface area contributed by atoms with Crippen LogP contribution in [0.2, 0.25) is 0 Å². The monoisotopic (exact) mass is 216 g/mol. The number of benzene rings is 1. The van der Waals surface area contributed by atoms with Crippen molar-refractivity contribution in [3.63, 3.8) is 0 Å². The Morgan fingerprint density at radius 2 is 2.13 bits per heavy atom. The number of hydrogen-bond acceptors (Lipinski definition) is 2. The predicted molar refractivity (Wildman–Crippen MR) is 69.0 cm³/mol. The van der Waals surface area contributed by atoms with Crippen LogP contribution in [0.1, 0.15) is 11.1 Å². The van der Waals surface area contributed by atoms with E-state index < -0.39 is 0 Å². The fourth-order valence-electron chi connectivity index (χ4n) is 1.71. The van der Waals surface area contributed by atoms with Crippen molar-refractivity contribution in [2.24, 2.45) is 9.98 Å². The number of aliphatic imine (C=N–C) groups is 2. The van der Waals surface area contributed by atoms with Gasteiger partial charge in [0, 0.05) is 10.1 Å². The Hall–Kier alpha value is -1.48. The van der Waals surface area contributed by atoms with Gasteiger partial charge >= 0.3 is 0 Å². The van der Waals surface area contributed by atoms with Crippen LogP contribution in [-0.4, -0.2) is 13.1 Å². The molecule has 0 atom stereocenters.